The summed E-state index contributed by atoms with van der Waals surface area (Å²) >= 11 is 3.37. The van der Waals surface area contributed by atoms with Gasteiger partial charge in [-0.3, -0.25) is 4.79 Å². The Morgan fingerprint density at radius 2 is 1.96 bits per heavy atom. The van der Waals surface area contributed by atoms with Crippen LogP contribution in [0.4, 0.5) is 0 Å². The third-order valence-electron chi connectivity index (χ3n) is 3.90. The number of halogens is 2. The number of fused-ring (bicyclic) bond motifs is 1. The van der Waals surface area contributed by atoms with Crippen LogP contribution in [0.25, 0.3) is 0 Å². The Bertz CT molecular complexity index is 679. The molecule has 0 saturated carbocycles. The fraction of sp³-hybridized carbons (Fsp3) is 0.278. The van der Waals surface area contributed by atoms with Crippen LogP contribution >= 0.6 is 28.3 Å². The van der Waals surface area contributed by atoms with Crippen molar-refractivity contribution in [1.82, 2.24) is 10.6 Å². The number of hydrogen-bond acceptors (Lipinski definition) is 3. The van der Waals surface area contributed by atoms with Gasteiger partial charge in [-0.05, 0) is 48.4 Å². The summed E-state index contributed by atoms with van der Waals surface area (Å²) in [5, 5.41) is 6.39. The highest BCUT2D eigenvalue weighted by Gasteiger charge is 2.19. The molecule has 1 heterocycles. The Hall–Kier alpha value is -1.56. The van der Waals surface area contributed by atoms with Crippen LogP contribution in [0.15, 0.2) is 53.0 Å². The van der Waals surface area contributed by atoms with E-state index in [2.05, 4.69) is 44.8 Å². The van der Waals surface area contributed by atoms with Crippen LogP contribution in [0, 0.1) is 0 Å². The minimum atomic E-state index is -0.113. The Morgan fingerprint density at radius 3 is 2.75 bits per heavy atom. The summed E-state index contributed by atoms with van der Waals surface area (Å²) < 4.78 is 6.46. The quantitative estimate of drug-likeness (QED) is 0.794. The Labute approximate surface area is 156 Å². The second kappa shape index (κ2) is 9.06. The van der Waals surface area contributed by atoms with Crippen molar-refractivity contribution in [2.45, 2.75) is 12.5 Å². The topological polar surface area (TPSA) is 50.4 Å². The third kappa shape index (κ3) is 4.97. The smallest absolute Gasteiger partial charge is 0.258 e. The molecule has 0 fully saturated rings. The van der Waals surface area contributed by atoms with Gasteiger partial charge in [0.2, 0.25) is 0 Å². The van der Waals surface area contributed by atoms with Gasteiger partial charge in [-0.2, -0.15) is 0 Å². The molecule has 1 atom stereocenters. The van der Waals surface area contributed by atoms with Crippen molar-refractivity contribution in [2.75, 3.05) is 19.7 Å². The maximum atomic E-state index is 12.0. The lowest BCUT2D eigenvalue weighted by Gasteiger charge is -2.27. The first-order valence-electron chi connectivity index (χ1n) is 7.68. The fourth-order valence-corrected chi connectivity index (χ4v) is 2.99. The van der Waals surface area contributed by atoms with E-state index in [-0.39, 0.29) is 31.0 Å². The number of carbonyl (C=O) groups is 1. The van der Waals surface area contributed by atoms with E-state index >= 15 is 0 Å². The predicted octanol–water partition coefficient (Wildman–Crippen LogP) is 3.25. The van der Waals surface area contributed by atoms with Gasteiger partial charge in [0.25, 0.3) is 5.91 Å². The SMILES string of the molecule is Cl.O=C(COc1ccc(Br)cc1)NCC1NCCc2ccccc21. The van der Waals surface area contributed by atoms with Gasteiger partial charge in [0, 0.05) is 17.1 Å². The zero-order valence-electron chi connectivity index (χ0n) is 13.1. The summed E-state index contributed by atoms with van der Waals surface area (Å²) in [6.45, 7) is 1.53. The van der Waals surface area contributed by atoms with Crippen molar-refractivity contribution in [3.05, 3.63) is 64.1 Å². The van der Waals surface area contributed by atoms with E-state index in [0.29, 0.717) is 12.3 Å². The van der Waals surface area contributed by atoms with Crippen molar-refractivity contribution in [2.24, 2.45) is 0 Å². The maximum Gasteiger partial charge on any atom is 0.258 e. The van der Waals surface area contributed by atoms with E-state index in [1.54, 1.807) is 0 Å². The lowest BCUT2D eigenvalue weighted by Crippen LogP contribution is -2.40. The van der Waals surface area contributed by atoms with Crippen LogP contribution in [-0.2, 0) is 11.2 Å². The average Bonchev–Trinajstić information content (AvgIpc) is 2.59. The molecule has 0 bridgehead atoms. The number of nitrogens with one attached hydrogen (secondary N) is 2. The standard InChI is InChI=1S/C18H19BrN2O2.ClH/c19-14-5-7-15(8-6-14)23-12-18(22)21-11-17-16-4-2-1-3-13(16)9-10-20-17;/h1-8,17,20H,9-12H2,(H,21,22);1H. The molecule has 1 aliphatic rings. The fourth-order valence-electron chi connectivity index (χ4n) is 2.72. The largest absolute Gasteiger partial charge is 0.484 e. The second-order valence-electron chi connectivity index (χ2n) is 5.50. The summed E-state index contributed by atoms with van der Waals surface area (Å²) in [5.74, 6) is 0.572. The molecular weight excluding hydrogens is 392 g/mol. The van der Waals surface area contributed by atoms with Gasteiger partial charge in [0.1, 0.15) is 5.75 Å². The average molecular weight is 412 g/mol. The molecule has 4 nitrogen and oxygen atoms in total. The minimum Gasteiger partial charge on any atom is -0.484 e. The second-order valence-corrected chi connectivity index (χ2v) is 6.42. The van der Waals surface area contributed by atoms with E-state index in [1.807, 2.05) is 30.3 Å². The first-order chi connectivity index (χ1) is 11.2. The van der Waals surface area contributed by atoms with Gasteiger partial charge < -0.3 is 15.4 Å². The number of hydrogen-bond donors (Lipinski definition) is 2. The van der Waals surface area contributed by atoms with Crippen LogP contribution < -0.4 is 15.4 Å². The number of rotatable bonds is 5. The molecular formula is C18H20BrClN2O2. The molecule has 1 amide bonds. The molecule has 0 radical (unpaired) electrons. The lowest BCUT2D eigenvalue weighted by molar-refractivity contribution is -0.123. The first-order valence-corrected chi connectivity index (χ1v) is 8.48. The Kier molecular flexibility index (Phi) is 7.09. The van der Waals surface area contributed by atoms with Gasteiger partial charge >= 0.3 is 0 Å². The predicted molar refractivity (Wildman–Crippen MR) is 101 cm³/mol. The molecule has 2 aromatic carbocycles. The van der Waals surface area contributed by atoms with E-state index in [1.165, 1.54) is 11.1 Å². The van der Waals surface area contributed by atoms with Crippen LogP contribution in [0.5, 0.6) is 5.75 Å². The van der Waals surface area contributed by atoms with Crippen LogP contribution in [-0.4, -0.2) is 25.6 Å². The molecule has 0 saturated heterocycles. The van der Waals surface area contributed by atoms with Crippen molar-refractivity contribution >= 4 is 34.2 Å². The van der Waals surface area contributed by atoms with Crippen LogP contribution in [0.3, 0.4) is 0 Å². The van der Waals surface area contributed by atoms with E-state index in [4.69, 9.17) is 4.74 Å². The summed E-state index contributed by atoms with van der Waals surface area (Å²) in [5.41, 5.74) is 2.63. The van der Waals surface area contributed by atoms with Gasteiger partial charge in [-0.15, -0.1) is 12.4 Å². The monoisotopic (exact) mass is 410 g/mol. The summed E-state index contributed by atoms with van der Waals surface area (Å²) in [7, 11) is 0. The minimum absolute atomic E-state index is 0. The molecule has 1 unspecified atom stereocenters. The molecule has 24 heavy (non-hydrogen) atoms. The molecule has 6 heteroatoms. The van der Waals surface area contributed by atoms with Crippen molar-refractivity contribution < 1.29 is 9.53 Å². The highest BCUT2D eigenvalue weighted by Crippen LogP contribution is 2.21. The highest BCUT2D eigenvalue weighted by molar-refractivity contribution is 9.10. The van der Waals surface area contributed by atoms with Crippen molar-refractivity contribution in [1.29, 1.82) is 0 Å². The molecule has 0 spiro atoms. The van der Waals surface area contributed by atoms with Gasteiger partial charge in [-0.25, -0.2) is 0 Å². The lowest BCUT2D eigenvalue weighted by atomic mass is 9.94. The normalized spacial score (nSPS) is 15.8. The number of benzene rings is 2. The van der Waals surface area contributed by atoms with Crippen LogP contribution in [0.2, 0.25) is 0 Å². The van der Waals surface area contributed by atoms with Gasteiger partial charge in [-0.1, -0.05) is 40.2 Å². The molecule has 0 aliphatic carbocycles. The van der Waals surface area contributed by atoms with Crippen molar-refractivity contribution in [3.63, 3.8) is 0 Å². The highest BCUT2D eigenvalue weighted by atomic mass is 79.9. The Balaban J connectivity index is 0.00000208. The number of ether oxygens (including phenoxy) is 1. The molecule has 128 valence electrons. The molecule has 2 N–H and O–H groups in total. The van der Waals surface area contributed by atoms with Crippen molar-refractivity contribution in [3.8, 4) is 5.75 Å². The summed E-state index contributed by atoms with van der Waals surface area (Å²) in [4.78, 5) is 12.0. The Morgan fingerprint density at radius 1 is 1.21 bits per heavy atom. The zero-order chi connectivity index (χ0) is 16.1. The first kappa shape index (κ1) is 18.8. The van der Waals surface area contributed by atoms with E-state index in [9.17, 15) is 4.79 Å². The molecule has 1 aliphatic heterocycles. The molecule has 0 aromatic heterocycles. The number of amides is 1. The van der Waals surface area contributed by atoms with Crippen LogP contribution in [0.1, 0.15) is 17.2 Å². The number of carbonyl (C=O) groups excluding carboxylic acids is 1. The summed E-state index contributed by atoms with van der Waals surface area (Å²) in [6.07, 6.45) is 1.04. The third-order valence-corrected chi connectivity index (χ3v) is 4.43. The molecule has 2 aromatic rings. The zero-order valence-corrected chi connectivity index (χ0v) is 15.5. The van der Waals surface area contributed by atoms with Gasteiger partial charge in [0.05, 0.1) is 0 Å². The van der Waals surface area contributed by atoms with E-state index in [0.717, 1.165) is 17.4 Å². The van der Waals surface area contributed by atoms with E-state index < -0.39 is 0 Å². The summed E-state index contributed by atoms with van der Waals surface area (Å²) in [6, 6.07) is 16.0. The van der Waals surface area contributed by atoms with Gasteiger partial charge in [0.15, 0.2) is 6.61 Å². The maximum absolute atomic E-state index is 12.0. The molecule has 3 rings (SSSR count).